The first-order valence-corrected chi connectivity index (χ1v) is 8.33. The fraction of sp³-hybridized carbons (Fsp3) is 0.0667. The smallest absolute Gasteiger partial charge is 0.338 e. The molecule has 0 unspecified atom stereocenters. The summed E-state index contributed by atoms with van der Waals surface area (Å²) in [7, 11) is 0. The van der Waals surface area contributed by atoms with Crippen LogP contribution in [0.15, 0.2) is 33.3 Å². The number of carbonyl (C=O) groups is 1. The Balaban J connectivity index is 2.05. The Morgan fingerprint density at radius 2 is 2.17 bits per heavy atom. The SMILES string of the molecule is Cc1nn2c(N)c(/N=N/c3ccc(SOOO)cc3C(=O)O)c(O)nc2c1C#N. The van der Waals surface area contributed by atoms with Crippen LogP contribution in [-0.2, 0) is 9.37 Å². The highest BCUT2D eigenvalue weighted by atomic mass is 32.2. The van der Waals surface area contributed by atoms with Gasteiger partial charge in [-0.05, 0) is 25.1 Å². The zero-order chi connectivity index (χ0) is 21.1. The third-order valence-corrected chi connectivity index (χ3v) is 4.23. The van der Waals surface area contributed by atoms with Crippen molar-refractivity contribution in [2.75, 3.05) is 5.73 Å². The molecule has 29 heavy (non-hydrogen) atoms. The number of aromatic carboxylic acids is 1. The van der Waals surface area contributed by atoms with Crippen LogP contribution in [-0.4, -0.2) is 36.0 Å². The van der Waals surface area contributed by atoms with E-state index in [1.165, 1.54) is 18.2 Å². The number of aryl methyl sites for hydroxylation is 1. The number of carboxylic acids is 1. The molecule has 3 aromatic rings. The van der Waals surface area contributed by atoms with E-state index < -0.39 is 11.8 Å². The zero-order valence-corrected chi connectivity index (χ0v) is 15.3. The van der Waals surface area contributed by atoms with E-state index in [0.717, 1.165) is 4.52 Å². The topological polar surface area (TPSA) is 201 Å². The number of hydrogen-bond donors (Lipinski definition) is 4. The molecule has 0 amide bonds. The van der Waals surface area contributed by atoms with Gasteiger partial charge in [0.25, 0.3) is 0 Å². The maximum absolute atomic E-state index is 11.5. The summed E-state index contributed by atoms with van der Waals surface area (Å²) in [6, 6.07) is 5.89. The largest absolute Gasteiger partial charge is 0.492 e. The van der Waals surface area contributed by atoms with E-state index in [4.69, 9.17) is 11.0 Å². The molecule has 0 spiro atoms. The first-order chi connectivity index (χ1) is 13.9. The summed E-state index contributed by atoms with van der Waals surface area (Å²) in [4.78, 5) is 15.7. The molecule has 148 valence electrons. The fourth-order valence-corrected chi connectivity index (χ4v) is 2.76. The Kier molecular flexibility index (Phi) is 5.57. The van der Waals surface area contributed by atoms with E-state index in [9.17, 15) is 20.3 Å². The van der Waals surface area contributed by atoms with E-state index in [1.54, 1.807) is 6.92 Å². The van der Waals surface area contributed by atoms with E-state index in [2.05, 4.69) is 29.7 Å². The molecule has 13 nitrogen and oxygen atoms in total. The summed E-state index contributed by atoms with van der Waals surface area (Å²) in [5.74, 6) is -2.05. The quantitative estimate of drug-likeness (QED) is 0.199. The molecule has 0 bridgehead atoms. The number of nitrogens with two attached hydrogens (primary N) is 1. The van der Waals surface area contributed by atoms with Gasteiger partial charge in [0.2, 0.25) is 5.88 Å². The van der Waals surface area contributed by atoms with Gasteiger partial charge in [-0.25, -0.2) is 10.1 Å². The van der Waals surface area contributed by atoms with Crippen molar-refractivity contribution in [3.8, 4) is 11.9 Å². The predicted octanol–water partition coefficient (Wildman–Crippen LogP) is 2.74. The lowest BCUT2D eigenvalue weighted by molar-refractivity contribution is -0.432. The third kappa shape index (κ3) is 3.79. The average Bonchev–Trinajstić information content (AvgIpc) is 3.01. The van der Waals surface area contributed by atoms with E-state index in [1.807, 2.05) is 6.07 Å². The van der Waals surface area contributed by atoms with Gasteiger partial charge in [-0.15, -0.1) is 14.6 Å². The average molecular weight is 417 g/mol. The van der Waals surface area contributed by atoms with E-state index in [0.29, 0.717) is 22.6 Å². The van der Waals surface area contributed by atoms with Gasteiger partial charge in [-0.2, -0.15) is 19.9 Å². The third-order valence-electron chi connectivity index (χ3n) is 3.66. The molecule has 0 saturated carbocycles. The second-order valence-electron chi connectivity index (χ2n) is 5.39. The molecule has 0 saturated heterocycles. The van der Waals surface area contributed by atoms with Crippen molar-refractivity contribution in [2.24, 2.45) is 10.2 Å². The molecular formula is C15H11N7O6S. The van der Waals surface area contributed by atoms with E-state index >= 15 is 0 Å². The summed E-state index contributed by atoms with van der Waals surface area (Å²) >= 11 is 0.571. The van der Waals surface area contributed by atoms with Crippen molar-refractivity contribution in [3.63, 3.8) is 0 Å². The molecule has 0 aliphatic rings. The Morgan fingerprint density at radius 3 is 2.83 bits per heavy atom. The lowest BCUT2D eigenvalue weighted by Gasteiger charge is -2.05. The minimum absolute atomic E-state index is 0.0534. The number of carboxylic acid groups (broad SMARTS) is 1. The lowest BCUT2D eigenvalue weighted by Crippen LogP contribution is -2.01. The molecule has 0 atom stereocenters. The minimum atomic E-state index is -1.31. The molecule has 5 N–H and O–H groups in total. The normalized spacial score (nSPS) is 11.2. The fourth-order valence-electron chi connectivity index (χ4n) is 2.37. The van der Waals surface area contributed by atoms with Crippen molar-refractivity contribution >= 4 is 40.9 Å². The Hall–Kier alpha value is -3.77. The molecule has 2 heterocycles. The highest BCUT2D eigenvalue weighted by Crippen LogP contribution is 2.35. The van der Waals surface area contributed by atoms with Gasteiger partial charge >= 0.3 is 5.97 Å². The van der Waals surface area contributed by atoms with Crippen LogP contribution in [0.4, 0.5) is 17.2 Å². The van der Waals surface area contributed by atoms with Crippen molar-refractivity contribution in [3.05, 3.63) is 35.0 Å². The summed E-state index contributed by atoms with van der Waals surface area (Å²) in [6.45, 7) is 1.58. The number of fused-ring (bicyclic) bond motifs is 1. The van der Waals surface area contributed by atoms with Crippen LogP contribution >= 0.6 is 12.0 Å². The van der Waals surface area contributed by atoms with Gasteiger partial charge in [0.1, 0.15) is 17.3 Å². The number of nitriles is 1. The predicted molar refractivity (Wildman–Crippen MR) is 96.7 cm³/mol. The molecule has 14 heteroatoms. The number of nitrogens with zero attached hydrogens (tertiary/aromatic N) is 6. The van der Waals surface area contributed by atoms with Gasteiger partial charge in [0.05, 0.1) is 23.3 Å². The summed E-state index contributed by atoms with van der Waals surface area (Å²) in [6.07, 6.45) is 0. The van der Waals surface area contributed by atoms with Crippen molar-refractivity contribution in [1.82, 2.24) is 14.6 Å². The number of hydrogen-bond acceptors (Lipinski definition) is 12. The van der Waals surface area contributed by atoms with E-state index in [-0.39, 0.29) is 34.0 Å². The van der Waals surface area contributed by atoms with Crippen molar-refractivity contribution in [2.45, 2.75) is 11.8 Å². The van der Waals surface area contributed by atoms with Gasteiger partial charge in [-0.1, -0.05) is 5.04 Å². The first-order valence-electron chi connectivity index (χ1n) is 7.59. The molecule has 0 fully saturated rings. The van der Waals surface area contributed by atoms with Crippen molar-refractivity contribution in [1.29, 1.82) is 5.26 Å². The second kappa shape index (κ2) is 8.08. The van der Waals surface area contributed by atoms with Gasteiger partial charge in [0, 0.05) is 4.90 Å². The maximum Gasteiger partial charge on any atom is 0.338 e. The molecule has 3 rings (SSSR count). The van der Waals surface area contributed by atoms with Gasteiger partial charge in [0.15, 0.2) is 17.2 Å². The van der Waals surface area contributed by atoms with Gasteiger partial charge < -0.3 is 15.9 Å². The number of rotatable bonds is 6. The molecule has 2 aromatic heterocycles. The molecule has 0 aliphatic carbocycles. The number of aromatic nitrogens is 3. The van der Waals surface area contributed by atoms with Crippen LogP contribution in [0.3, 0.4) is 0 Å². The van der Waals surface area contributed by atoms with Crippen LogP contribution in [0.5, 0.6) is 5.88 Å². The van der Waals surface area contributed by atoms with Crippen LogP contribution in [0.2, 0.25) is 0 Å². The molecule has 1 aromatic carbocycles. The number of nitrogen functional groups attached to an aromatic ring is 1. The van der Waals surface area contributed by atoms with Gasteiger partial charge in [-0.3, -0.25) is 0 Å². The first kappa shape index (κ1) is 20.0. The number of benzene rings is 1. The van der Waals surface area contributed by atoms with Crippen molar-refractivity contribution < 1.29 is 29.6 Å². The van der Waals surface area contributed by atoms with Crippen LogP contribution < -0.4 is 5.73 Å². The highest BCUT2D eigenvalue weighted by molar-refractivity contribution is 7.94. The number of azo groups is 1. The summed E-state index contributed by atoms with van der Waals surface area (Å²) < 4.78 is 5.38. The summed E-state index contributed by atoms with van der Waals surface area (Å²) in [5, 5.41) is 52.0. The maximum atomic E-state index is 11.5. The minimum Gasteiger partial charge on any atom is -0.492 e. The zero-order valence-electron chi connectivity index (χ0n) is 14.5. The Labute approximate surface area is 165 Å². The molecule has 0 radical (unpaired) electrons. The monoisotopic (exact) mass is 417 g/mol. The lowest BCUT2D eigenvalue weighted by atomic mass is 10.2. The second-order valence-corrected chi connectivity index (χ2v) is 6.16. The highest BCUT2D eigenvalue weighted by Gasteiger charge is 2.19. The van der Waals surface area contributed by atoms with Crippen LogP contribution in [0, 0.1) is 18.3 Å². The summed E-state index contributed by atoms with van der Waals surface area (Å²) in [5.41, 5.74) is 5.97. The molecular weight excluding hydrogens is 406 g/mol. The number of aromatic hydroxyl groups is 1. The number of anilines is 1. The standard InChI is InChI=1S/C15H11N7O6S/c1-6-9(5-16)13-18-14(23)11(12(17)22(13)21-6)20-19-10-3-2-7(29-28-27-26)4-8(10)15(24)25/h2-4,26H,17H2,1H3,(H,18,23)(H,24,25)/b20-19+. The van der Waals surface area contributed by atoms with Crippen LogP contribution in [0.25, 0.3) is 5.65 Å². The Morgan fingerprint density at radius 1 is 1.41 bits per heavy atom. The Bertz CT molecular complexity index is 1190. The van der Waals surface area contributed by atoms with Crippen LogP contribution in [0.1, 0.15) is 21.6 Å². The molecule has 0 aliphatic heterocycles.